The lowest BCUT2D eigenvalue weighted by molar-refractivity contribution is 0.0956. The quantitative estimate of drug-likeness (QED) is 0.288. The highest BCUT2D eigenvalue weighted by molar-refractivity contribution is 14.0. The van der Waals surface area contributed by atoms with Gasteiger partial charge in [0, 0.05) is 44.8 Å². The topological polar surface area (TPSA) is 78.0 Å². The number of nitrogens with one attached hydrogen (secondary N) is 3. The Labute approximate surface area is 201 Å². The van der Waals surface area contributed by atoms with Crippen LogP contribution in [0.1, 0.15) is 29.3 Å². The largest absolute Gasteiger partial charge is 0.495 e. The molecule has 31 heavy (non-hydrogen) atoms. The maximum atomic E-state index is 11.9. The summed E-state index contributed by atoms with van der Waals surface area (Å²) >= 11 is 0. The highest BCUT2D eigenvalue weighted by Crippen LogP contribution is 2.30. The predicted octanol–water partition coefficient (Wildman–Crippen LogP) is 3.01. The number of hydrogen-bond acceptors (Lipinski definition) is 4. The van der Waals surface area contributed by atoms with Crippen LogP contribution in [-0.2, 0) is 6.54 Å². The first kappa shape index (κ1) is 24.8. The fourth-order valence-corrected chi connectivity index (χ4v) is 3.60. The Bertz CT molecular complexity index is 873. The lowest BCUT2D eigenvalue weighted by Gasteiger charge is -2.22. The van der Waals surface area contributed by atoms with E-state index in [9.17, 15) is 4.79 Å². The monoisotopic (exact) mass is 537 g/mol. The van der Waals surface area contributed by atoms with Crippen LogP contribution in [0.3, 0.4) is 0 Å². The number of amides is 1. The summed E-state index contributed by atoms with van der Waals surface area (Å²) in [5, 5.41) is 9.68. The van der Waals surface area contributed by atoms with Gasteiger partial charge in [-0.3, -0.25) is 9.79 Å². The van der Waals surface area contributed by atoms with Gasteiger partial charge in [-0.2, -0.15) is 0 Å². The highest BCUT2D eigenvalue weighted by atomic mass is 127. The van der Waals surface area contributed by atoms with Crippen molar-refractivity contribution in [3.05, 3.63) is 59.7 Å². The van der Waals surface area contributed by atoms with Gasteiger partial charge in [0.15, 0.2) is 5.96 Å². The zero-order valence-corrected chi connectivity index (χ0v) is 20.7. The number of hydrogen-bond donors (Lipinski definition) is 3. The molecule has 3 rings (SSSR count). The van der Waals surface area contributed by atoms with Crippen molar-refractivity contribution in [1.29, 1.82) is 0 Å². The number of aliphatic imine (C=N–C) groups is 1. The Morgan fingerprint density at radius 3 is 2.58 bits per heavy atom. The first-order valence-corrected chi connectivity index (χ1v) is 10.4. The molecule has 0 aliphatic carbocycles. The third-order valence-electron chi connectivity index (χ3n) is 5.19. The van der Waals surface area contributed by atoms with E-state index < -0.39 is 0 Å². The first-order chi connectivity index (χ1) is 14.6. The average Bonchev–Trinajstić information content (AvgIpc) is 3.25. The molecule has 8 heteroatoms. The molecule has 168 valence electrons. The SMILES string of the molecule is CCNC(=O)c1ccc(CNC(=NC)NC2CCN(c3ccccc3OC)C2)cc1.I. The van der Waals surface area contributed by atoms with Crippen LogP contribution in [0.25, 0.3) is 0 Å². The molecule has 0 radical (unpaired) electrons. The third kappa shape index (κ3) is 6.75. The summed E-state index contributed by atoms with van der Waals surface area (Å²) in [6.07, 6.45) is 1.03. The molecule has 1 saturated heterocycles. The lowest BCUT2D eigenvalue weighted by Crippen LogP contribution is -2.44. The fourth-order valence-electron chi connectivity index (χ4n) is 3.60. The summed E-state index contributed by atoms with van der Waals surface area (Å²) in [6, 6.07) is 16.0. The molecule has 1 amide bonds. The van der Waals surface area contributed by atoms with E-state index in [-0.39, 0.29) is 29.9 Å². The lowest BCUT2D eigenvalue weighted by atomic mass is 10.1. The number of ether oxygens (including phenoxy) is 1. The van der Waals surface area contributed by atoms with E-state index in [0.717, 1.165) is 42.5 Å². The minimum absolute atomic E-state index is 0. The number of halogens is 1. The second kappa shape index (κ2) is 12.4. The first-order valence-electron chi connectivity index (χ1n) is 10.4. The van der Waals surface area contributed by atoms with E-state index in [1.807, 2.05) is 49.4 Å². The number of para-hydroxylation sites is 2. The zero-order valence-electron chi connectivity index (χ0n) is 18.4. The van der Waals surface area contributed by atoms with Gasteiger partial charge in [0.05, 0.1) is 12.8 Å². The van der Waals surface area contributed by atoms with Gasteiger partial charge in [-0.05, 0) is 43.2 Å². The number of methoxy groups -OCH3 is 1. The second-order valence-corrected chi connectivity index (χ2v) is 7.23. The Balaban J connectivity index is 0.00000341. The smallest absolute Gasteiger partial charge is 0.251 e. The van der Waals surface area contributed by atoms with Crippen LogP contribution < -0.4 is 25.6 Å². The number of carbonyl (C=O) groups is 1. The van der Waals surface area contributed by atoms with Crippen molar-refractivity contribution < 1.29 is 9.53 Å². The number of anilines is 1. The molecule has 0 spiro atoms. The molecule has 1 atom stereocenters. The van der Waals surface area contributed by atoms with Crippen LogP contribution >= 0.6 is 24.0 Å². The maximum Gasteiger partial charge on any atom is 0.251 e. The van der Waals surface area contributed by atoms with Gasteiger partial charge in [0.1, 0.15) is 5.75 Å². The molecule has 1 heterocycles. The van der Waals surface area contributed by atoms with Crippen molar-refractivity contribution in [3.63, 3.8) is 0 Å². The van der Waals surface area contributed by atoms with E-state index in [1.165, 1.54) is 0 Å². The van der Waals surface area contributed by atoms with Crippen molar-refractivity contribution in [2.24, 2.45) is 4.99 Å². The third-order valence-corrected chi connectivity index (χ3v) is 5.19. The van der Waals surface area contributed by atoms with Crippen LogP contribution in [0.2, 0.25) is 0 Å². The normalized spacial score (nSPS) is 15.8. The number of guanidine groups is 1. The molecule has 1 unspecified atom stereocenters. The fraction of sp³-hybridized carbons (Fsp3) is 0.391. The van der Waals surface area contributed by atoms with Crippen LogP contribution in [0.4, 0.5) is 5.69 Å². The minimum atomic E-state index is -0.0460. The molecule has 1 aliphatic heterocycles. The maximum absolute atomic E-state index is 11.9. The molecule has 0 saturated carbocycles. The van der Waals surface area contributed by atoms with Crippen molar-refractivity contribution in [3.8, 4) is 5.75 Å². The van der Waals surface area contributed by atoms with Crippen LogP contribution in [0.5, 0.6) is 5.75 Å². The van der Waals surface area contributed by atoms with Gasteiger partial charge in [-0.15, -0.1) is 24.0 Å². The summed E-state index contributed by atoms with van der Waals surface area (Å²) in [5.74, 6) is 1.63. The zero-order chi connectivity index (χ0) is 21.3. The van der Waals surface area contributed by atoms with E-state index >= 15 is 0 Å². The van der Waals surface area contributed by atoms with Crippen LogP contribution in [0.15, 0.2) is 53.5 Å². The summed E-state index contributed by atoms with van der Waals surface area (Å²) in [7, 11) is 3.49. The van der Waals surface area contributed by atoms with Crippen molar-refractivity contribution >= 4 is 41.5 Å². The molecule has 0 bridgehead atoms. The van der Waals surface area contributed by atoms with Crippen molar-refractivity contribution in [2.75, 3.05) is 38.7 Å². The summed E-state index contributed by atoms with van der Waals surface area (Å²) in [5.41, 5.74) is 2.89. The minimum Gasteiger partial charge on any atom is -0.495 e. The van der Waals surface area contributed by atoms with Crippen LogP contribution in [-0.4, -0.2) is 51.7 Å². The number of benzene rings is 2. The molecular formula is C23H32IN5O2. The Morgan fingerprint density at radius 1 is 1.16 bits per heavy atom. The van der Waals surface area contributed by atoms with E-state index in [0.29, 0.717) is 24.7 Å². The number of rotatable bonds is 7. The van der Waals surface area contributed by atoms with Gasteiger partial charge >= 0.3 is 0 Å². The van der Waals surface area contributed by atoms with Crippen LogP contribution in [0, 0.1) is 0 Å². The Hall–Kier alpha value is -2.49. The van der Waals surface area contributed by atoms with Crippen molar-refractivity contribution in [2.45, 2.75) is 25.9 Å². The summed E-state index contributed by atoms with van der Waals surface area (Å²) in [4.78, 5) is 18.6. The van der Waals surface area contributed by atoms with Gasteiger partial charge in [-0.25, -0.2) is 0 Å². The van der Waals surface area contributed by atoms with E-state index in [4.69, 9.17) is 4.74 Å². The highest BCUT2D eigenvalue weighted by Gasteiger charge is 2.25. The van der Waals surface area contributed by atoms with E-state index in [1.54, 1.807) is 14.2 Å². The number of nitrogens with zero attached hydrogens (tertiary/aromatic N) is 2. The van der Waals surface area contributed by atoms with E-state index in [2.05, 4.69) is 31.9 Å². The molecule has 0 aromatic heterocycles. The Morgan fingerprint density at radius 2 is 1.90 bits per heavy atom. The molecule has 2 aromatic rings. The molecule has 2 aromatic carbocycles. The van der Waals surface area contributed by atoms with Gasteiger partial charge in [-0.1, -0.05) is 24.3 Å². The second-order valence-electron chi connectivity index (χ2n) is 7.23. The van der Waals surface area contributed by atoms with Crippen molar-refractivity contribution in [1.82, 2.24) is 16.0 Å². The van der Waals surface area contributed by atoms with Gasteiger partial charge in [0.25, 0.3) is 5.91 Å². The number of carbonyl (C=O) groups excluding carboxylic acids is 1. The molecule has 1 aliphatic rings. The Kier molecular flexibility index (Phi) is 9.90. The van der Waals surface area contributed by atoms with Gasteiger partial charge < -0.3 is 25.6 Å². The summed E-state index contributed by atoms with van der Waals surface area (Å²) < 4.78 is 5.50. The summed E-state index contributed by atoms with van der Waals surface area (Å²) in [6.45, 7) is 5.03. The molecule has 1 fully saturated rings. The molecule has 3 N–H and O–H groups in total. The predicted molar refractivity (Wildman–Crippen MR) is 137 cm³/mol. The standard InChI is InChI=1S/C23H31N5O2.HI/c1-4-25-22(29)18-11-9-17(10-12-18)15-26-23(24-2)27-19-13-14-28(16-19)20-7-5-6-8-21(20)30-3;/h5-12,19H,4,13-16H2,1-3H3,(H,25,29)(H2,24,26,27);1H. The molecule has 7 nitrogen and oxygen atoms in total. The average molecular weight is 537 g/mol. The molecular weight excluding hydrogens is 505 g/mol. The van der Waals surface area contributed by atoms with Gasteiger partial charge in [0.2, 0.25) is 0 Å².